The molecule has 0 heterocycles. The van der Waals surface area contributed by atoms with Crippen molar-refractivity contribution >= 4 is 28.9 Å². The number of rotatable bonds is 8. The van der Waals surface area contributed by atoms with Gasteiger partial charge in [-0.05, 0) is 43.4 Å². The van der Waals surface area contributed by atoms with Crippen molar-refractivity contribution in [3.05, 3.63) is 62.7 Å². The highest BCUT2D eigenvalue weighted by atomic mass is 35.5. The van der Waals surface area contributed by atoms with Gasteiger partial charge in [0.25, 0.3) is 0 Å². The van der Waals surface area contributed by atoms with Crippen LogP contribution in [0.3, 0.4) is 0 Å². The van der Waals surface area contributed by atoms with E-state index in [1.54, 1.807) is 0 Å². The van der Waals surface area contributed by atoms with E-state index >= 15 is 0 Å². The van der Waals surface area contributed by atoms with E-state index in [0.717, 1.165) is 31.3 Å². The second-order valence-electron chi connectivity index (χ2n) is 6.71. The molecule has 0 aliphatic rings. The third-order valence-corrected chi connectivity index (χ3v) is 4.89. The summed E-state index contributed by atoms with van der Waals surface area (Å²) in [5, 5.41) is 13.5. The van der Waals surface area contributed by atoms with Crippen molar-refractivity contribution in [1.82, 2.24) is 4.90 Å². The molecular weight excluding hydrogens is 463 g/mol. The van der Waals surface area contributed by atoms with Gasteiger partial charge in [0.15, 0.2) is 5.75 Å². The van der Waals surface area contributed by atoms with Crippen LogP contribution in [0.4, 0.5) is 24.5 Å². The first-order valence-corrected chi connectivity index (χ1v) is 10.3. The first-order valence-electron chi connectivity index (χ1n) is 9.88. The maximum absolute atomic E-state index is 12.7. The summed E-state index contributed by atoms with van der Waals surface area (Å²) < 4.78 is 43.6. The number of nitro benzene ring substituents is 1. The van der Waals surface area contributed by atoms with E-state index < -0.39 is 22.6 Å². The maximum atomic E-state index is 12.7. The molecule has 176 valence electrons. The number of likely N-dealkylation sites (N-methyl/N-ethyl adjacent to an activating group) is 1. The predicted octanol–water partition coefficient (Wildman–Crippen LogP) is 4.98. The molecule has 1 amide bonds. The van der Waals surface area contributed by atoms with E-state index in [2.05, 4.69) is 22.1 Å². The zero-order valence-corrected chi connectivity index (χ0v) is 18.6. The number of carbonyl (C=O) groups excluding carboxylic acids is 1. The highest BCUT2D eigenvalue weighted by Crippen LogP contribution is 2.32. The topological polar surface area (TPSA) is 84.7 Å². The minimum Gasteiger partial charge on any atom is -0.485 e. The zero-order valence-electron chi connectivity index (χ0n) is 17.8. The average Bonchev–Trinajstić information content (AvgIpc) is 2.75. The molecule has 7 nitrogen and oxygen atoms in total. The minimum atomic E-state index is -4.55. The number of anilines is 1. The lowest BCUT2D eigenvalue weighted by Gasteiger charge is -2.18. The highest BCUT2D eigenvalue weighted by molar-refractivity contribution is 6.31. The summed E-state index contributed by atoms with van der Waals surface area (Å²) in [5.74, 6) is 3.82. The summed E-state index contributed by atoms with van der Waals surface area (Å²) in [4.78, 5) is 25.0. The molecule has 33 heavy (non-hydrogen) atoms. The molecule has 0 fully saturated rings. The largest absolute Gasteiger partial charge is 0.485 e. The standard InChI is InChI=1S/C22H21ClF3N3O4/c1-3-28(4-2)11-12-33-20-9-8-17(14-19(20)29(31)32)27-21(30)10-6-15-5-7-16(13-18(15)23)22(24,25)26/h5,7-9,13-14H,3-4,11-12H2,1-2H3,(H,27,30). The lowest BCUT2D eigenvalue weighted by Crippen LogP contribution is -2.28. The Kier molecular flexibility index (Phi) is 9.08. The fourth-order valence-corrected chi connectivity index (χ4v) is 2.99. The second kappa shape index (κ2) is 11.5. The van der Waals surface area contributed by atoms with Gasteiger partial charge in [0.1, 0.15) is 6.61 Å². The molecule has 0 aromatic heterocycles. The molecule has 0 radical (unpaired) electrons. The van der Waals surface area contributed by atoms with Crippen LogP contribution in [0.25, 0.3) is 0 Å². The SMILES string of the molecule is CCN(CC)CCOc1ccc(NC(=O)C#Cc2ccc(C(F)(F)F)cc2Cl)cc1[N+](=O)[O-]. The van der Waals surface area contributed by atoms with Crippen LogP contribution in [0, 0.1) is 22.0 Å². The minimum absolute atomic E-state index is 0.0303. The third kappa shape index (κ3) is 7.66. The first kappa shape index (κ1) is 26.0. The molecule has 0 saturated heterocycles. The molecule has 0 saturated carbocycles. The number of ether oxygens (including phenoxy) is 1. The van der Waals surface area contributed by atoms with Gasteiger partial charge in [-0.3, -0.25) is 14.9 Å². The van der Waals surface area contributed by atoms with Gasteiger partial charge in [-0.1, -0.05) is 31.4 Å². The number of nitrogens with zero attached hydrogens (tertiary/aromatic N) is 2. The molecule has 0 aliphatic carbocycles. The summed E-state index contributed by atoms with van der Waals surface area (Å²) in [6, 6.07) is 6.50. The van der Waals surface area contributed by atoms with E-state index in [1.807, 2.05) is 13.8 Å². The Morgan fingerprint density at radius 3 is 2.48 bits per heavy atom. The molecule has 2 aromatic rings. The average molecular weight is 484 g/mol. The summed E-state index contributed by atoms with van der Waals surface area (Å²) in [6.07, 6.45) is -4.55. The smallest absolute Gasteiger partial charge is 0.416 e. The van der Waals surface area contributed by atoms with Crippen LogP contribution in [0.15, 0.2) is 36.4 Å². The fourth-order valence-electron chi connectivity index (χ4n) is 2.76. The van der Waals surface area contributed by atoms with Gasteiger partial charge >= 0.3 is 17.8 Å². The van der Waals surface area contributed by atoms with E-state index in [0.29, 0.717) is 12.6 Å². The molecule has 11 heteroatoms. The van der Waals surface area contributed by atoms with Crippen LogP contribution in [-0.2, 0) is 11.0 Å². The number of alkyl halides is 3. The number of benzene rings is 2. The van der Waals surface area contributed by atoms with Gasteiger partial charge in [-0.2, -0.15) is 13.2 Å². The predicted molar refractivity (Wildman–Crippen MR) is 118 cm³/mol. The van der Waals surface area contributed by atoms with Gasteiger partial charge in [0, 0.05) is 29.8 Å². The maximum Gasteiger partial charge on any atom is 0.416 e. The number of nitro groups is 1. The molecule has 2 rings (SSSR count). The van der Waals surface area contributed by atoms with Crippen molar-refractivity contribution in [2.75, 3.05) is 31.6 Å². The Bertz CT molecular complexity index is 1080. The number of halogens is 4. The number of nitrogens with one attached hydrogen (secondary N) is 1. The van der Waals surface area contributed by atoms with Gasteiger partial charge in [-0.25, -0.2) is 0 Å². The van der Waals surface area contributed by atoms with Crippen LogP contribution >= 0.6 is 11.6 Å². The molecule has 0 bridgehead atoms. The van der Waals surface area contributed by atoms with Crippen LogP contribution in [0.1, 0.15) is 25.0 Å². The monoisotopic (exact) mass is 483 g/mol. The van der Waals surface area contributed by atoms with E-state index in [-0.39, 0.29) is 34.3 Å². The second-order valence-corrected chi connectivity index (χ2v) is 7.12. The molecule has 0 aliphatic heterocycles. The summed E-state index contributed by atoms with van der Waals surface area (Å²) in [6.45, 7) is 6.51. The van der Waals surface area contributed by atoms with E-state index in [9.17, 15) is 28.1 Å². The van der Waals surface area contributed by atoms with Crippen LogP contribution in [-0.4, -0.2) is 42.0 Å². The Morgan fingerprint density at radius 2 is 1.91 bits per heavy atom. The van der Waals surface area contributed by atoms with Crippen molar-refractivity contribution in [3.63, 3.8) is 0 Å². The van der Waals surface area contributed by atoms with Crippen LogP contribution in [0.2, 0.25) is 5.02 Å². The van der Waals surface area contributed by atoms with Crippen LogP contribution < -0.4 is 10.1 Å². The van der Waals surface area contributed by atoms with E-state index in [4.69, 9.17) is 16.3 Å². The molecule has 2 aromatic carbocycles. The van der Waals surface area contributed by atoms with Crippen molar-refractivity contribution < 1.29 is 27.6 Å². The van der Waals surface area contributed by atoms with Crippen molar-refractivity contribution in [1.29, 1.82) is 0 Å². The van der Waals surface area contributed by atoms with Crippen molar-refractivity contribution in [3.8, 4) is 17.6 Å². The Morgan fingerprint density at radius 1 is 1.21 bits per heavy atom. The molecular formula is C22H21ClF3N3O4. The van der Waals surface area contributed by atoms with E-state index in [1.165, 1.54) is 12.1 Å². The quantitative estimate of drug-likeness (QED) is 0.325. The van der Waals surface area contributed by atoms with Gasteiger partial charge in [0.2, 0.25) is 0 Å². The van der Waals surface area contributed by atoms with Gasteiger partial charge in [-0.15, -0.1) is 0 Å². The number of hydrogen-bond acceptors (Lipinski definition) is 5. The number of carbonyl (C=O) groups is 1. The number of amides is 1. The van der Waals surface area contributed by atoms with Crippen molar-refractivity contribution in [2.45, 2.75) is 20.0 Å². The third-order valence-electron chi connectivity index (χ3n) is 4.58. The Balaban J connectivity index is 2.10. The first-order chi connectivity index (χ1) is 15.5. The fraction of sp³-hybridized carbons (Fsp3) is 0.318. The van der Waals surface area contributed by atoms with Crippen LogP contribution in [0.5, 0.6) is 5.75 Å². The Hall–Kier alpha value is -3.29. The molecule has 0 unspecified atom stereocenters. The summed E-state index contributed by atoms with van der Waals surface area (Å²) >= 11 is 5.81. The summed E-state index contributed by atoms with van der Waals surface area (Å²) in [7, 11) is 0. The molecule has 0 atom stereocenters. The lowest BCUT2D eigenvalue weighted by atomic mass is 10.1. The lowest BCUT2D eigenvalue weighted by molar-refractivity contribution is -0.385. The zero-order chi connectivity index (χ0) is 24.6. The molecule has 1 N–H and O–H groups in total. The van der Waals surface area contributed by atoms with Gasteiger partial charge in [0.05, 0.1) is 15.5 Å². The highest BCUT2D eigenvalue weighted by Gasteiger charge is 2.30. The Labute approximate surface area is 193 Å². The van der Waals surface area contributed by atoms with Crippen molar-refractivity contribution in [2.24, 2.45) is 0 Å². The van der Waals surface area contributed by atoms with Gasteiger partial charge < -0.3 is 15.0 Å². The normalized spacial score (nSPS) is 11.0. The molecule has 0 spiro atoms. The summed E-state index contributed by atoms with van der Waals surface area (Å²) in [5.41, 5.74) is -1.13. The number of hydrogen-bond donors (Lipinski definition) is 1.